The predicted octanol–water partition coefficient (Wildman–Crippen LogP) is -0.219. The molecule has 0 aromatic carbocycles. The number of carbonyl (C=O) groups is 2. The molecule has 126 valence electrons. The number of carbonyl (C=O) groups excluding carboxylic acids is 2. The molecular weight excluding hydrogens is 288 g/mol. The van der Waals surface area contributed by atoms with Crippen LogP contribution in [-0.4, -0.2) is 37.4 Å². The normalized spacial score (nSPS) is 27.6. The van der Waals surface area contributed by atoms with Gasteiger partial charge in [-0.3, -0.25) is 0 Å². The van der Waals surface area contributed by atoms with Crippen LogP contribution in [0.1, 0.15) is 57.8 Å². The first kappa shape index (κ1) is 17.2. The Kier molecular flexibility index (Phi) is 6.20. The highest BCUT2D eigenvalue weighted by Gasteiger charge is 2.38. The van der Waals surface area contributed by atoms with E-state index in [1.807, 2.05) is 0 Å². The van der Waals surface area contributed by atoms with E-state index in [9.17, 15) is 19.8 Å². The molecule has 6 heteroatoms. The minimum atomic E-state index is -1.15. The van der Waals surface area contributed by atoms with Gasteiger partial charge in [0.1, 0.15) is 0 Å². The number of carboxylic acid groups (broad SMARTS) is 2. The van der Waals surface area contributed by atoms with Crippen LogP contribution in [0.4, 0.5) is 0 Å². The first-order valence-electron chi connectivity index (χ1n) is 8.16. The molecule has 2 unspecified atom stereocenters. The fourth-order valence-electron chi connectivity index (χ4n) is 3.61. The summed E-state index contributed by atoms with van der Waals surface area (Å²) in [6, 6.07) is 0. The SMILES string of the molecule is O=C([O-])CCCC(CC1CCCO1)(CC1CCCO1)C(=O)[O-]. The highest BCUT2D eigenvalue weighted by Crippen LogP contribution is 2.40. The number of aliphatic carboxylic acids is 2. The summed E-state index contributed by atoms with van der Waals surface area (Å²) < 4.78 is 11.2. The molecule has 2 atom stereocenters. The minimum absolute atomic E-state index is 0.0812. The van der Waals surface area contributed by atoms with Gasteiger partial charge in [-0.25, -0.2) is 0 Å². The summed E-state index contributed by atoms with van der Waals surface area (Å²) in [5, 5.41) is 22.5. The monoisotopic (exact) mass is 312 g/mol. The topological polar surface area (TPSA) is 98.7 Å². The van der Waals surface area contributed by atoms with Gasteiger partial charge in [-0.2, -0.15) is 0 Å². The maximum absolute atomic E-state index is 11.9. The Labute approximate surface area is 130 Å². The summed E-state index contributed by atoms with van der Waals surface area (Å²) in [7, 11) is 0. The van der Waals surface area contributed by atoms with Crippen molar-refractivity contribution in [3.63, 3.8) is 0 Å². The van der Waals surface area contributed by atoms with Crippen molar-refractivity contribution in [2.24, 2.45) is 5.41 Å². The van der Waals surface area contributed by atoms with Gasteiger partial charge in [-0.15, -0.1) is 0 Å². The lowest BCUT2D eigenvalue weighted by molar-refractivity contribution is -0.323. The molecular formula is C16H24O6-2. The van der Waals surface area contributed by atoms with E-state index in [4.69, 9.17) is 9.47 Å². The molecule has 0 N–H and O–H groups in total. The summed E-state index contributed by atoms with van der Waals surface area (Å²) in [5.41, 5.74) is -1.07. The molecule has 0 spiro atoms. The first-order valence-corrected chi connectivity index (χ1v) is 8.16. The maximum atomic E-state index is 11.9. The van der Waals surface area contributed by atoms with Crippen LogP contribution in [0.3, 0.4) is 0 Å². The molecule has 0 aliphatic carbocycles. The van der Waals surface area contributed by atoms with Crippen molar-refractivity contribution in [2.45, 2.75) is 70.0 Å². The Morgan fingerprint density at radius 1 is 1.00 bits per heavy atom. The Balaban J connectivity index is 2.05. The molecule has 2 saturated heterocycles. The van der Waals surface area contributed by atoms with Crippen LogP contribution in [0.5, 0.6) is 0 Å². The number of ether oxygens (including phenoxy) is 2. The van der Waals surface area contributed by atoms with Gasteiger partial charge in [-0.05, 0) is 57.8 Å². The number of hydrogen-bond donors (Lipinski definition) is 0. The number of rotatable bonds is 9. The van der Waals surface area contributed by atoms with Crippen LogP contribution >= 0.6 is 0 Å². The summed E-state index contributed by atoms with van der Waals surface area (Å²) >= 11 is 0. The predicted molar refractivity (Wildman–Crippen MR) is 73.5 cm³/mol. The minimum Gasteiger partial charge on any atom is -0.550 e. The van der Waals surface area contributed by atoms with Gasteiger partial charge in [0, 0.05) is 30.6 Å². The van der Waals surface area contributed by atoms with Gasteiger partial charge in [0.2, 0.25) is 0 Å². The van der Waals surface area contributed by atoms with Gasteiger partial charge in [0.15, 0.2) is 0 Å². The lowest BCUT2D eigenvalue weighted by Crippen LogP contribution is -2.46. The molecule has 0 radical (unpaired) electrons. The number of hydrogen-bond acceptors (Lipinski definition) is 6. The summed E-state index contributed by atoms with van der Waals surface area (Å²) in [5.74, 6) is -2.27. The van der Waals surface area contributed by atoms with Crippen molar-refractivity contribution in [3.05, 3.63) is 0 Å². The van der Waals surface area contributed by atoms with Crippen LogP contribution in [-0.2, 0) is 19.1 Å². The molecule has 22 heavy (non-hydrogen) atoms. The zero-order valence-corrected chi connectivity index (χ0v) is 12.9. The molecule has 0 aromatic heterocycles. The quantitative estimate of drug-likeness (QED) is 0.584. The van der Waals surface area contributed by atoms with Crippen molar-refractivity contribution in [1.29, 1.82) is 0 Å². The summed E-state index contributed by atoms with van der Waals surface area (Å²) in [4.78, 5) is 22.5. The van der Waals surface area contributed by atoms with Gasteiger partial charge in [0.25, 0.3) is 0 Å². The number of carboxylic acids is 2. The Hall–Kier alpha value is -1.14. The van der Waals surface area contributed by atoms with Gasteiger partial charge < -0.3 is 29.3 Å². The molecule has 6 nitrogen and oxygen atoms in total. The molecule has 0 bridgehead atoms. The van der Waals surface area contributed by atoms with Crippen molar-refractivity contribution < 1.29 is 29.3 Å². The van der Waals surface area contributed by atoms with Crippen LogP contribution in [0.15, 0.2) is 0 Å². The van der Waals surface area contributed by atoms with Crippen LogP contribution in [0.2, 0.25) is 0 Å². The van der Waals surface area contributed by atoms with E-state index in [-0.39, 0.29) is 31.5 Å². The Bertz CT molecular complexity index is 364. The van der Waals surface area contributed by atoms with Crippen LogP contribution in [0.25, 0.3) is 0 Å². The van der Waals surface area contributed by atoms with Crippen molar-refractivity contribution in [1.82, 2.24) is 0 Å². The molecule has 2 aliphatic rings. The second-order valence-corrected chi connectivity index (χ2v) is 6.47. The third kappa shape index (κ3) is 4.68. The Morgan fingerprint density at radius 3 is 1.91 bits per heavy atom. The second kappa shape index (κ2) is 7.92. The van der Waals surface area contributed by atoms with E-state index in [1.54, 1.807) is 0 Å². The van der Waals surface area contributed by atoms with E-state index in [0.29, 0.717) is 26.1 Å². The molecule has 0 saturated carbocycles. The molecule has 2 rings (SSSR count). The fourth-order valence-corrected chi connectivity index (χ4v) is 3.61. The maximum Gasteiger partial charge on any atom is 0.0585 e. The highest BCUT2D eigenvalue weighted by atomic mass is 16.5. The van der Waals surface area contributed by atoms with E-state index in [0.717, 1.165) is 25.7 Å². The van der Waals surface area contributed by atoms with Gasteiger partial charge in [-0.1, -0.05) is 0 Å². The van der Waals surface area contributed by atoms with Crippen LogP contribution < -0.4 is 10.2 Å². The second-order valence-electron chi connectivity index (χ2n) is 6.47. The van der Waals surface area contributed by atoms with Crippen molar-refractivity contribution in [2.75, 3.05) is 13.2 Å². The third-order valence-corrected chi connectivity index (χ3v) is 4.75. The van der Waals surface area contributed by atoms with Crippen molar-refractivity contribution in [3.8, 4) is 0 Å². The molecule has 2 heterocycles. The van der Waals surface area contributed by atoms with Gasteiger partial charge >= 0.3 is 0 Å². The molecule has 0 amide bonds. The smallest absolute Gasteiger partial charge is 0.0585 e. The van der Waals surface area contributed by atoms with Gasteiger partial charge in [0.05, 0.1) is 12.2 Å². The lowest BCUT2D eigenvalue weighted by atomic mass is 9.73. The highest BCUT2D eigenvalue weighted by molar-refractivity contribution is 5.72. The van der Waals surface area contributed by atoms with E-state index < -0.39 is 17.4 Å². The van der Waals surface area contributed by atoms with Crippen LogP contribution in [0, 0.1) is 5.41 Å². The summed E-state index contributed by atoms with van der Waals surface area (Å²) in [6.45, 7) is 1.32. The lowest BCUT2D eigenvalue weighted by Gasteiger charge is -2.38. The molecule has 2 fully saturated rings. The van der Waals surface area contributed by atoms with E-state index >= 15 is 0 Å². The zero-order chi connectivity index (χ0) is 16.0. The van der Waals surface area contributed by atoms with E-state index in [2.05, 4.69) is 0 Å². The molecule has 2 aliphatic heterocycles. The average molecular weight is 312 g/mol. The largest absolute Gasteiger partial charge is 0.550 e. The van der Waals surface area contributed by atoms with E-state index in [1.165, 1.54) is 0 Å². The first-order chi connectivity index (χ1) is 10.5. The average Bonchev–Trinajstić information content (AvgIpc) is 3.11. The molecule has 0 aromatic rings. The Morgan fingerprint density at radius 2 is 1.55 bits per heavy atom. The summed E-state index contributed by atoms with van der Waals surface area (Å²) in [6.07, 6.45) is 4.57. The third-order valence-electron chi connectivity index (χ3n) is 4.75. The zero-order valence-electron chi connectivity index (χ0n) is 12.9. The van der Waals surface area contributed by atoms with Crippen molar-refractivity contribution >= 4 is 11.9 Å². The standard InChI is InChI=1S/C16H26O6/c17-14(18)6-1-7-16(15(19)20,10-12-4-2-8-21-12)11-13-5-3-9-22-13/h12-13H,1-11H2,(H,17,18)(H,19,20)/p-2. The fraction of sp³-hybridized carbons (Fsp3) is 0.875.